The highest BCUT2D eigenvalue weighted by Gasteiger charge is 2.14. The fourth-order valence-electron chi connectivity index (χ4n) is 1.62. The number of benzene rings is 1. The van der Waals surface area contributed by atoms with Gasteiger partial charge in [-0.05, 0) is 11.6 Å². The summed E-state index contributed by atoms with van der Waals surface area (Å²) in [6.45, 7) is 0. The van der Waals surface area contributed by atoms with Crippen molar-refractivity contribution in [1.82, 2.24) is 3.97 Å². The summed E-state index contributed by atoms with van der Waals surface area (Å²) >= 11 is 0. The van der Waals surface area contributed by atoms with E-state index in [1.807, 2.05) is 18.2 Å². The Hall–Kier alpha value is -1.88. The first-order chi connectivity index (χ1) is 8.02. The van der Waals surface area contributed by atoms with E-state index in [0.717, 1.165) is 15.8 Å². The summed E-state index contributed by atoms with van der Waals surface area (Å²) in [6, 6.07) is 10.6. The second-order valence-corrected chi connectivity index (χ2v) is 5.56. The Morgan fingerprint density at radius 2 is 1.82 bits per heavy atom. The molecule has 0 bridgehead atoms. The minimum Gasteiger partial charge on any atom is -0.298 e. The lowest BCUT2D eigenvalue weighted by atomic mass is 10.1. The van der Waals surface area contributed by atoms with Crippen LogP contribution < -0.4 is 0 Å². The maximum atomic E-state index is 11.6. The third-order valence-electron chi connectivity index (χ3n) is 2.37. The summed E-state index contributed by atoms with van der Waals surface area (Å²) in [5.41, 5.74) is 1.59. The highest BCUT2D eigenvalue weighted by molar-refractivity contribution is 7.89. The van der Waals surface area contributed by atoms with Crippen LogP contribution >= 0.6 is 0 Å². The maximum absolute atomic E-state index is 11.6. The van der Waals surface area contributed by atoms with Crippen molar-refractivity contribution in [2.24, 2.45) is 0 Å². The van der Waals surface area contributed by atoms with Crippen LogP contribution in [-0.2, 0) is 10.0 Å². The number of carbonyl (C=O) groups excluding carboxylic acids is 1. The standard InChI is InChI=1S/C12H11NO3S/c1-17(15,16)13-8-10(9-14)7-12(13)11-5-3-2-4-6-11/h2-9H,1H3. The number of aromatic nitrogens is 1. The molecule has 4 nitrogen and oxygen atoms in total. The van der Waals surface area contributed by atoms with E-state index in [-0.39, 0.29) is 0 Å². The van der Waals surface area contributed by atoms with Crippen molar-refractivity contribution in [3.05, 3.63) is 48.2 Å². The average Bonchev–Trinajstić information content (AvgIpc) is 2.74. The number of aldehydes is 1. The predicted octanol–water partition coefficient (Wildman–Crippen LogP) is 1.78. The lowest BCUT2D eigenvalue weighted by Gasteiger charge is -2.06. The van der Waals surface area contributed by atoms with Gasteiger partial charge in [0.05, 0.1) is 11.9 Å². The molecule has 1 heterocycles. The van der Waals surface area contributed by atoms with Gasteiger partial charge in [0.1, 0.15) is 0 Å². The molecule has 17 heavy (non-hydrogen) atoms. The molecule has 1 aromatic carbocycles. The van der Waals surface area contributed by atoms with E-state index in [9.17, 15) is 13.2 Å². The molecule has 0 saturated heterocycles. The summed E-state index contributed by atoms with van der Waals surface area (Å²) in [4.78, 5) is 10.7. The number of hydrogen-bond donors (Lipinski definition) is 0. The molecule has 0 fully saturated rings. The largest absolute Gasteiger partial charge is 0.298 e. The van der Waals surface area contributed by atoms with E-state index in [1.54, 1.807) is 18.2 Å². The Kier molecular flexibility index (Phi) is 2.85. The lowest BCUT2D eigenvalue weighted by Crippen LogP contribution is -2.09. The summed E-state index contributed by atoms with van der Waals surface area (Å²) in [5.74, 6) is 0. The fraction of sp³-hybridized carbons (Fsp3) is 0.0833. The average molecular weight is 249 g/mol. The van der Waals surface area contributed by atoms with Gasteiger partial charge >= 0.3 is 0 Å². The third kappa shape index (κ3) is 2.29. The summed E-state index contributed by atoms with van der Waals surface area (Å²) < 4.78 is 24.3. The summed E-state index contributed by atoms with van der Waals surface area (Å²) in [7, 11) is -3.41. The van der Waals surface area contributed by atoms with Crippen molar-refractivity contribution in [2.45, 2.75) is 0 Å². The first-order valence-corrected chi connectivity index (χ1v) is 6.81. The minimum absolute atomic E-state index is 0.342. The molecule has 0 amide bonds. The number of hydrogen-bond acceptors (Lipinski definition) is 3. The third-order valence-corrected chi connectivity index (χ3v) is 3.39. The second-order valence-electron chi connectivity index (χ2n) is 3.70. The van der Waals surface area contributed by atoms with Crippen molar-refractivity contribution < 1.29 is 13.2 Å². The van der Waals surface area contributed by atoms with Crippen LogP contribution in [0.15, 0.2) is 42.6 Å². The highest BCUT2D eigenvalue weighted by Crippen LogP contribution is 2.22. The Labute approximate surface area is 99.6 Å². The van der Waals surface area contributed by atoms with Gasteiger partial charge in [0.2, 0.25) is 10.0 Å². The molecular weight excluding hydrogens is 238 g/mol. The van der Waals surface area contributed by atoms with Crippen LogP contribution in [0.1, 0.15) is 10.4 Å². The van der Waals surface area contributed by atoms with Gasteiger partial charge in [-0.1, -0.05) is 30.3 Å². The van der Waals surface area contributed by atoms with Gasteiger partial charge in [0.15, 0.2) is 6.29 Å². The molecule has 5 heteroatoms. The van der Waals surface area contributed by atoms with Gasteiger partial charge in [0, 0.05) is 11.8 Å². The van der Waals surface area contributed by atoms with Crippen molar-refractivity contribution >= 4 is 16.3 Å². The van der Waals surface area contributed by atoms with Crippen LogP contribution in [0.3, 0.4) is 0 Å². The van der Waals surface area contributed by atoms with E-state index < -0.39 is 10.0 Å². The van der Waals surface area contributed by atoms with Gasteiger partial charge in [-0.3, -0.25) is 4.79 Å². The Morgan fingerprint density at radius 3 is 2.35 bits per heavy atom. The molecule has 2 rings (SSSR count). The van der Waals surface area contributed by atoms with Crippen molar-refractivity contribution in [3.63, 3.8) is 0 Å². The number of nitrogens with zero attached hydrogens (tertiary/aromatic N) is 1. The molecule has 0 N–H and O–H groups in total. The van der Waals surface area contributed by atoms with E-state index >= 15 is 0 Å². The SMILES string of the molecule is CS(=O)(=O)n1cc(C=O)cc1-c1ccccc1. The first kappa shape index (κ1) is 11.6. The Bertz CT molecular complexity index is 642. The summed E-state index contributed by atoms with van der Waals surface area (Å²) in [5, 5.41) is 0. The smallest absolute Gasteiger partial charge is 0.236 e. The van der Waals surface area contributed by atoms with Crippen molar-refractivity contribution in [2.75, 3.05) is 6.26 Å². The van der Waals surface area contributed by atoms with Gasteiger partial charge < -0.3 is 0 Å². The van der Waals surface area contributed by atoms with Crippen LogP contribution in [0, 0.1) is 0 Å². The molecule has 0 aliphatic carbocycles. The van der Waals surface area contributed by atoms with Gasteiger partial charge in [-0.15, -0.1) is 0 Å². The monoisotopic (exact) mass is 249 g/mol. The molecule has 0 spiro atoms. The topological polar surface area (TPSA) is 56.1 Å². The number of carbonyl (C=O) groups is 1. The molecule has 0 saturated carbocycles. The molecule has 2 aromatic rings. The van der Waals surface area contributed by atoms with Crippen molar-refractivity contribution in [3.8, 4) is 11.3 Å². The van der Waals surface area contributed by atoms with Crippen LogP contribution in [0.2, 0.25) is 0 Å². The van der Waals surface area contributed by atoms with Gasteiger partial charge in [0.25, 0.3) is 0 Å². The van der Waals surface area contributed by atoms with E-state index in [2.05, 4.69) is 0 Å². The van der Waals surface area contributed by atoms with Crippen LogP contribution in [0.4, 0.5) is 0 Å². The molecule has 88 valence electrons. The summed E-state index contributed by atoms with van der Waals surface area (Å²) in [6.07, 6.45) is 3.06. The molecule has 0 radical (unpaired) electrons. The second kappa shape index (κ2) is 4.18. The zero-order chi connectivity index (χ0) is 12.5. The zero-order valence-electron chi connectivity index (χ0n) is 9.20. The molecule has 0 aliphatic heterocycles. The zero-order valence-corrected chi connectivity index (χ0v) is 10.0. The molecule has 0 atom stereocenters. The minimum atomic E-state index is -3.41. The Balaban J connectivity index is 2.69. The van der Waals surface area contributed by atoms with Gasteiger partial charge in [-0.25, -0.2) is 12.4 Å². The lowest BCUT2D eigenvalue weighted by molar-refractivity contribution is 0.112. The first-order valence-electron chi connectivity index (χ1n) is 4.96. The molecule has 0 aliphatic rings. The maximum Gasteiger partial charge on any atom is 0.236 e. The van der Waals surface area contributed by atoms with Crippen LogP contribution in [0.25, 0.3) is 11.3 Å². The quantitative estimate of drug-likeness (QED) is 0.779. The number of rotatable bonds is 3. The van der Waals surface area contributed by atoms with Crippen molar-refractivity contribution in [1.29, 1.82) is 0 Å². The van der Waals surface area contributed by atoms with Crippen LogP contribution in [0.5, 0.6) is 0 Å². The van der Waals surface area contributed by atoms with E-state index in [4.69, 9.17) is 0 Å². The molecule has 1 aromatic heterocycles. The van der Waals surface area contributed by atoms with Gasteiger partial charge in [-0.2, -0.15) is 0 Å². The van der Waals surface area contributed by atoms with E-state index in [0.29, 0.717) is 17.5 Å². The fourth-order valence-corrected chi connectivity index (χ4v) is 2.45. The Morgan fingerprint density at radius 1 is 1.18 bits per heavy atom. The highest BCUT2D eigenvalue weighted by atomic mass is 32.2. The normalized spacial score (nSPS) is 11.4. The molecule has 0 unspecified atom stereocenters. The van der Waals surface area contributed by atoms with E-state index in [1.165, 1.54) is 6.20 Å². The molecular formula is C12H11NO3S. The van der Waals surface area contributed by atoms with Crippen LogP contribution in [-0.4, -0.2) is 24.9 Å². The predicted molar refractivity (Wildman–Crippen MR) is 65.5 cm³/mol.